The number of Topliss-reactive ketones (excluding diaryl/α,β-unsaturated/α-hetero) is 1. The van der Waals surface area contributed by atoms with E-state index >= 15 is 0 Å². The van der Waals surface area contributed by atoms with Gasteiger partial charge in [0.25, 0.3) is 10.1 Å². The van der Waals surface area contributed by atoms with Gasteiger partial charge in [-0.3, -0.25) is 8.98 Å². The van der Waals surface area contributed by atoms with Crippen LogP contribution in [0.5, 0.6) is 0 Å². The minimum atomic E-state index is -3.72. The predicted octanol–water partition coefficient (Wildman–Crippen LogP) is 5.68. The van der Waals surface area contributed by atoms with Crippen LogP contribution in [-0.2, 0) is 19.1 Å². The fourth-order valence-corrected chi connectivity index (χ4v) is 9.13. The van der Waals surface area contributed by atoms with Gasteiger partial charge in [-0.25, -0.2) is 0 Å². The fourth-order valence-electron chi connectivity index (χ4n) is 8.02. The monoisotopic (exact) mass is 444 g/mol. The summed E-state index contributed by atoms with van der Waals surface area (Å²) < 4.78 is 31.4. The Morgan fingerprint density at radius 3 is 2.42 bits per heavy atom. The Morgan fingerprint density at radius 2 is 1.68 bits per heavy atom. The number of ketones is 1. The van der Waals surface area contributed by atoms with Crippen molar-refractivity contribution in [2.24, 2.45) is 34.5 Å². The van der Waals surface area contributed by atoms with Gasteiger partial charge in [0.15, 0.2) is 0 Å². The summed E-state index contributed by atoms with van der Waals surface area (Å²) >= 11 is 0. The van der Waals surface area contributed by atoms with Crippen LogP contribution in [0.25, 0.3) is 0 Å². The van der Waals surface area contributed by atoms with Gasteiger partial charge in [-0.1, -0.05) is 31.5 Å². The first-order valence-corrected chi connectivity index (χ1v) is 13.6. The maximum Gasteiger partial charge on any atom is 0.297 e. The normalized spacial score (nSPS) is 42.5. The van der Waals surface area contributed by atoms with E-state index in [1.54, 1.807) is 12.1 Å². The van der Waals surface area contributed by atoms with Gasteiger partial charge in [0.1, 0.15) is 5.78 Å². The molecule has 4 aliphatic rings. The zero-order valence-corrected chi connectivity index (χ0v) is 19.9. The summed E-state index contributed by atoms with van der Waals surface area (Å²) in [5.74, 6) is 2.92. The molecule has 1 aromatic rings. The summed E-state index contributed by atoms with van der Waals surface area (Å²) in [6.45, 7) is 6.64. The number of fused-ring (bicyclic) bond motifs is 5. The maximum atomic E-state index is 12.8. The maximum absolute atomic E-state index is 12.8. The van der Waals surface area contributed by atoms with Gasteiger partial charge in [-0.2, -0.15) is 8.42 Å². The quantitative estimate of drug-likeness (QED) is 0.563. The lowest BCUT2D eigenvalue weighted by Gasteiger charge is -2.60. The van der Waals surface area contributed by atoms with Gasteiger partial charge >= 0.3 is 0 Å². The Bertz CT molecular complexity index is 968. The van der Waals surface area contributed by atoms with Crippen molar-refractivity contribution in [1.82, 2.24) is 0 Å². The topological polar surface area (TPSA) is 60.4 Å². The van der Waals surface area contributed by atoms with Gasteiger partial charge in [-0.15, -0.1) is 0 Å². The molecule has 170 valence electrons. The minimum absolute atomic E-state index is 0.0766. The summed E-state index contributed by atoms with van der Waals surface area (Å²) in [4.78, 5) is 12.9. The van der Waals surface area contributed by atoms with E-state index in [2.05, 4.69) is 13.8 Å². The number of hydrogen-bond donors (Lipinski definition) is 0. The molecule has 0 radical (unpaired) electrons. The average molecular weight is 445 g/mol. The average Bonchev–Trinajstić information content (AvgIpc) is 3.03. The fraction of sp³-hybridized carbons (Fsp3) is 0.731. The third-order valence-electron chi connectivity index (χ3n) is 9.90. The Morgan fingerprint density at radius 1 is 0.935 bits per heavy atom. The van der Waals surface area contributed by atoms with Crippen LogP contribution in [0.3, 0.4) is 0 Å². The number of carbonyl (C=O) groups excluding carboxylic acids is 1. The van der Waals surface area contributed by atoms with E-state index in [1.165, 1.54) is 6.42 Å². The van der Waals surface area contributed by atoms with E-state index in [1.807, 2.05) is 19.1 Å². The van der Waals surface area contributed by atoms with E-state index in [0.717, 1.165) is 56.9 Å². The van der Waals surface area contributed by atoms with Crippen molar-refractivity contribution in [2.75, 3.05) is 0 Å². The zero-order valence-electron chi connectivity index (χ0n) is 19.1. The van der Waals surface area contributed by atoms with Gasteiger partial charge in [-0.05, 0) is 99.5 Å². The van der Waals surface area contributed by atoms with Crippen molar-refractivity contribution >= 4 is 15.9 Å². The van der Waals surface area contributed by atoms with Crippen molar-refractivity contribution in [3.05, 3.63) is 29.8 Å². The second-order valence-electron chi connectivity index (χ2n) is 11.3. The van der Waals surface area contributed by atoms with Crippen LogP contribution in [0.4, 0.5) is 0 Å². The Hall–Kier alpha value is -1.20. The van der Waals surface area contributed by atoms with Gasteiger partial charge < -0.3 is 0 Å². The van der Waals surface area contributed by atoms with Gasteiger partial charge in [0, 0.05) is 11.8 Å². The summed E-state index contributed by atoms with van der Waals surface area (Å²) in [7, 11) is -3.72. The Labute approximate surface area is 187 Å². The second kappa shape index (κ2) is 7.41. The van der Waals surface area contributed by atoms with Crippen molar-refractivity contribution in [3.63, 3.8) is 0 Å². The van der Waals surface area contributed by atoms with Gasteiger partial charge in [0.05, 0.1) is 11.0 Å². The number of carbonyl (C=O) groups is 1. The van der Waals surface area contributed by atoms with Crippen LogP contribution < -0.4 is 0 Å². The Balaban J connectivity index is 1.30. The summed E-state index contributed by atoms with van der Waals surface area (Å²) in [6.07, 6.45) is 8.85. The molecular weight excluding hydrogens is 408 g/mol. The van der Waals surface area contributed by atoms with Crippen LogP contribution in [0.2, 0.25) is 0 Å². The molecule has 0 heterocycles. The molecule has 1 aromatic carbocycles. The van der Waals surface area contributed by atoms with E-state index in [-0.39, 0.29) is 21.8 Å². The van der Waals surface area contributed by atoms with Crippen molar-refractivity contribution < 1.29 is 17.4 Å². The van der Waals surface area contributed by atoms with Crippen LogP contribution >= 0.6 is 0 Å². The first kappa shape index (κ1) is 21.6. The summed E-state index contributed by atoms with van der Waals surface area (Å²) in [5, 5.41) is 0. The molecule has 0 saturated heterocycles. The van der Waals surface area contributed by atoms with Crippen LogP contribution in [0.15, 0.2) is 29.2 Å². The third-order valence-corrected chi connectivity index (χ3v) is 11.3. The van der Waals surface area contributed by atoms with Crippen LogP contribution in [-0.4, -0.2) is 20.3 Å². The first-order chi connectivity index (χ1) is 14.6. The molecular formula is C26H36O4S. The number of benzene rings is 1. The molecule has 0 bridgehead atoms. The lowest BCUT2D eigenvalue weighted by atomic mass is 9.45. The van der Waals surface area contributed by atoms with E-state index in [4.69, 9.17) is 4.18 Å². The minimum Gasteiger partial charge on any atom is -0.299 e. The molecule has 0 aromatic heterocycles. The number of hydrogen-bond acceptors (Lipinski definition) is 4. The third kappa shape index (κ3) is 3.42. The summed E-state index contributed by atoms with van der Waals surface area (Å²) in [5.41, 5.74) is 1.22. The molecule has 7 atom stereocenters. The molecule has 4 aliphatic carbocycles. The largest absolute Gasteiger partial charge is 0.299 e. The van der Waals surface area contributed by atoms with Gasteiger partial charge in [0.2, 0.25) is 0 Å². The molecule has 4 fully saturated rings. The molecule has 4 nitrogen and oxygen atoms in total. The standard InChI is InChI=1S/C26H36O4S/c1-17-4-7-20(8-5-17)31(28,29)30-19-12-14-25(2)18(16-19)6-9-21-22-10-11-24(27)26(22,3)15-13-23(21)25/h4-5,7-8,18-19,21-23H,6,9-16H2,1-3H3/t18-,19-,21+,22+,23+,25-,26+/m0/s1. The zero-order chi connectivity index (χ0) is 22.0. The van der Waals surface area contributed by atoms with Crippen molar-refractivity contribution in [2.45, 2.75) is 89.6 Å². The molecule has 0 N–H and O–H groups in total. The highest BCUT2D eigenvalue weighted by Crippen LogP contribution is 2.65. The lowest BCUT2D eigenvalue weighted by Crippen LogP contribution is -2.54. The molecule has 5 rings (SSSR count). The highest BCUT2D eigenvalue weighted by atomic mass is 32.2. The van der Waals surface area contributed by atoms with E-state index in [9.17, 15) is 13.2 Å². The SMILES string of the molecule is Cc1ccc(S(=O)(=O)O[C@H]2CC[C@@]3(C)[C@@H](CC[C@H]4[C@H]3CC[C@@]3(C)C(=O)CC[C@H]43)C2)cc1. The highest BCUT2D eigenvalue weighted by molar-refractivity contribution is 7.86. The van der Waals surface area contributed by atoms with Crippen molar-refractivity contribution in [1.29, 1.82) is 0 Å². The highest BCUT2D eigenvalue weighted by Gasteiger charge is 2.60. The van der Waals surface area contributed by atoms with E-state index < -0.39 is 10.1 Å². The molecule has 0 amide bonds. The molecule has 0 spiro atoms. The molecule has 4 saturated carbocycles. The molecule has 31 heavy (non-hydrogen) atoms. The molecule has 0 aliphatic heterocycles. The Kier molecular flexibility index (Phi) is 5.17. The second-order valence-corrected chi connectivity index (χ2v) is 12.9. The number of rotatable bonds is 3. The van der Waals surface area contributed by atoms with E-state index in [0.29, 0.717) is 29.5 Å². The first-order valence-electron chi connectivity index (χ1n) is 12.2. The lowest BCUT2D eigenvalue weighted by molar-refractivity contribution is -0.141. The smallest absolute Gasteiger partial charge is 0.297 e. The summed E-state index contributed by atoms with van der Waals surface area (Å²) in [6, 6.07) is 6.93. The predicted molar refractivity (Wildman–Crippen MR) is 120 cm³/mol. The number of aryl methyl sites for hydroxylation is 1. The molecule has 5 heteroatoms. The molecule has 0 unspecified atom stereocenters. The van der Waals surface area contributed by atoms with Crippen LogP contribution in [0, 0.1) is 41.4 Å². The van der Waals surface area contributed by atoms with Crippen LogP contribution in [0.1, 0.15) is 77.2 Å². The van der Waals surface area contributed by atoms with Crippen molar-refractivity contribution in [3.8, 4) is 0 Å².